The second-order valence-corrected chi connectivity index (χ2v) is 16.6. The third-order valence-electron chi connectivity index (χ3n) is 12.8. The Balaban J connectivity index is 1.44. The predicted octanol–water partition coefficient (Wildman–Crippen LogP) is 8.04. The van der Waals surface area contributed by atoms with Gasteiger partial charge in [0.2, 0.25) is 0 Å². The highest BCUT2D eigenvalue weighted by Crippen LogP contribution is 2.67. The minimum atomic E-state index is -1.42. The smallest absolute Gasteiger partial charge is 0.345 e. The van der Waals surface area contributed by atoms with Gasteiger partial charge in [0.15, 0.2) is 0 Å². The number of hydrogen-bond acceptors (Lipinski definition) is 12. The molecular weight excluding hydrogens is 728 g/mol. The van der Waals surface area contributed by atoms with E-state index in [1.807, 2.05) is 13.8 Å². The number of pyridine rings is 1. The van der Waals surface area contributed by atoms with Gasteiger partial charge in [0.05, 0.1) is 23.3 Å². The predicted molar refractivity (Wildman–Crippen MR) is 209 cm³/mol. The largest absolute Gasteiger partial charge is 0.482 e. The molecule has 12 nitrogen and oxygen atoms in total. The molecule has 3 heterocycles. The summed E-state index contributed by atoms with van der Waals surface area (Å²) >= 11 is 0. The molecule has 0 bridgehead atoms. The maximum Gasteiger partial charge on any atom is 0.345 e. The van der Waals surface area contributed by atoms with Crippen molar-refractivity contribution in [1.82, 2.24) is 4.98 Å². The number of ether oxygens (including phenoxy) is 4. The average molecular weight is 783 g/mol. The van der Waals surface area contributed by atoms with E-state index in [0.29, 0.717) is 36.8 Å². The number of esters is 3. The van der Waals surface area contributed by atoms with Crippen LogP contribution in [0.2, 0.25) is 0 Å². The van der Waals surface area contributed by atoms with Gasteiger partial charge in [-0.15, -0.1) is 0 Å². The standard InChI is InChI=1S/C45H54N2O10/c1-6-8-10-14-36(48)53-27-44(4)33-24-35(56-41(51)29-18-16-28(25-46)17-19-29)45(5)40(43(33,3)21-20-34(44)55-37(49)15-11-9-7-2)39(50)38-32(57-45)23-31(54-42(38)52)30-13-12-22-47-26-30/h12-13,16-19,22-23,26,33-35,39-40,50H,6-11,14-15,20-21,24,27H2,1-5H3/t33?,34-,35-,39-,40?,43-,44-,45+/m0/s1. The van der Waals surface area contributed by atoms with Crippen LogP contribution < -0.4 is 10.4 Å². The number of aliphatic hydroxyl groups excluding tert-OH is 1. The number of benzene rings is 1. The molecule has 8 atom stereocenters. The van der Waals surface area contributed by atoms with E-state index in [2.05, 4.69) is 24.9 Å². The van der Waals surface area contributed by atoms with Crippen LogP contribution >= 0.6 is 0 Å². The molecule has 304 valence electrons. The lowest BCUT2D eigenvalue weighted by Crippen LogP contribution is -2.71. The summed E-state index contributed by atoms with van der Waals surface area (Å²) in [6, 6.07) is 13.2. The van der Waals surface area contributed by atoms with Crippen LogP contribution in [0.1, 0.15) is 133 Å². The molecule has 0 amide bonds. The molecule has 0 radical (unpaired) electrons. The number of carbonyl (C=O) groups excluding carboxylic acids is 3. The summed E-state index contributed by atoms with van der Waals surface area (Å²) in [4.78, 5) is 58.5. The van der Waals surface area contributed by atoms with Gasteiger partial charge >= 0.3 is 23.5 Å². The fourth-order valence-corrected chi connectivity index (χ4v) is 9.82. The molecule has 2 fully saturated rings. The fraction of sp³-hybridized carbons (Fsp3) is 0.556. The van der Waals surface area contributed by atoms with Crippen LogP contribution in [-0.4, -0.2) is 52.4 Å². The number of fused-ring (bicyclic) bond motifs is 4. The van der Waals surface area contributed by atoms with Crippen LogP contribution in [0.25, 0.3) is 11.3 Å². The summed E-state index contributed by atoms with van der Waals surface area (Å²) < 4.78 is 31.4. The number of aliphatic hydroxyl groups is 1. The van der Waals surface area contributed by atoms with E-state index in [9.17, 15) is 29.5 Å². The molecule has 57 heavy (non-hydrogen) atoms. The molecule has 12 heteroatoms. The van der Waals surface area contributed by atoms with E-state index in [-0.39, 0.29) is 60.4 Å². The molecule has 3 aliphatic rings. The Labute approximate surface area is 333 Å². The topological polar surface area (TPSA) is 175 Å². The van der Waals surface area contributed by atoms with Crippen LogP contribution in [0.3, 0.4) is 0 Å². The zero-order valence-corrected chi connectivity index (χ0v) is 33.6. The Morgan fingerprint density at radius 3 is 2.32 bits per heavy atom. The molecule has 0 saturated heterocycles. The molecule has 2 aromatic heterocycles. The van der Waals surface area contributed by atoms with Crippen molar-refractivity contribution in [2.45, 2.75) is 129 Å². The normalized spacial score (nSPS) is 28.7. The van der Waals surface area contributed by atoms with Crippen molar-refractivity contribution >= 4 is 17.9 Å². The molecular formula is C45H54N2O10. The summed E-state index contributed by atoms with van der Waals surface area (Å²) in [5, 5.41) is 21.9. The van der Waals surface area contributed by atoms with Crippen LogP contribution in [0.15, 0.2) is 64.1 Å². The lowest BCUT2D eigenvalue weighted by atomic mass is 9.42. The van der Waals surface area contributed by atoms with E-state index in [4.69, 9.17) is 23.4 Å². The van der Waals surface area contributed by atoms with Gasteiger partial charge in [-0.25, -0.2) is 9.59 Å². The Kier molecular flexibility index (Phi) is 12.6. The van der Waals surface area contributed by atoms with Crippen LogP contribution in [0.5, 0.6) is 5.75 Å². The fourth-order valence-electron chi connectivity index (χ4n) is 9.82. The van der Waals surface area contributed by atoms with E-state index < -0.39 is 58.2 Å². The number of nitriles is 1. The molecule has 1 N–H and O–H groups in total. The molecule has 6 rings (SSSR count). The highest BCUT2D eigenvalue weighted by atomic mass is 16.6. The van der Waals surface area contributed by atoms with Crippen molar-refractivity contribution in [2.24, 2.45) is 22.7 Å². The van der Waals surface area contributed by atoms with Gasteiger partial charge in [-0.3, -0.25) is 14.6 Å². The molecule has 1 aromatic carbocycles. The van der Waals surface area contributed by atoms with Crippen molar-refractivity contribution in [2.75, 3.05) is 6.61 Å². The molecule has 2 unspecified atom stereocenters. The van der Waals surface area contributed by atoms with Crippen molar-refractivity contribution in [3.05, 3.63) is 82.0 Å². The number of nitrogens with zero attached hydrogens (tertiary/aromatic N) is 2. The Hall–Kier alpha value is -5.02. The molecule has 1 aliphatic heterocycles. The first-order valence-electron chi connectivity index (χ1n) is 20.3. The monoisotopic (exact) mass is 782 g/mol. The van der Waals surface area contributed by atoms with Crippen LogP contribution in [0.4, 0.5) is 0 Å². The van der Waals surface area contributed by atoms with Crippen LogP contribution in [0, 0.1) is 34.0 Å². The summed E-state index contributed by atoms with van der Waals surface area (Å²) in [5.41, 5.74) is -2.90. The van der Waals surface area contributed by atoms with E-state index in [1.165, 1.54) is 24.3 Å². The molecule has 2 aliphatic carbocycles. The zero-order chi connectivity index (χ0) is 41.0. The lowest BCUT2D eigenvalue weighted by molar-refractivity contribution is -0.267. The van der Waals surface area contributed by atoms with Gasteiger partial charge in [-0.05, 0) is 86.8 Å². The van der Waals surface area contributed by atoms with Crippen molar-refractivity contribution in [3.63, 3.8) is 0 Å². The van der Waals surface area contributed by atoms with Gasteiger partial charge in [0.1, 0.15) is 41.5 Å². The Bertz CT molecular complexity index is 2030. The number of unbranched alkanes of at least 4 members (excludes halogenated alkanes) is 4. The van der Waals surface area contributed by atoms with Gasteiger partial charge in [-0.2, -0.15) is 5.26 Å². The summed E-state index contributed by atoms with van der Waals surface area (Å²) in [6.07, 6.45) is 6.64. The van der Waals surface area contributed by atoms with Gasteiger partial charge in [0, 0.05) is 48.2 Å². The highest BCUT2D eigenvalue weighted by molar-refractivity contribution is 5.89. The number of carbonyl (C=O) groups is 3. The quantitative estimate of drug-likeness (QED) is 0.0948. The first-order valence-corrected chi connectivity index (χ1v) is 20.3. The van der Waals surface area contributed by atoms with Gasteiger partial charge < -0.3 is 28.5 Å². The lowest BCUT2D eigenvalue weighted by Gasteiger charge is -2.66. The maximum atomic E-state index is 14.0. The Morgan fingerprint density at radius 1 is 0.965 bits per heavy atom. The van der Waals surface area contributed by atoms with E-state index >= 15 is 0 Å². The average Bonchev–Trinajstić information content (AvgIpc) is 3.19. The van der Waals surface area contributed by atoms with Crippen molar-refractivity contribution < 1.29 is 42.9 Å². The Morgan fingerprint density at radius 2 is 1.67 bits per heavy atom. The van der Waals surface area contributed by atoms with Crippen molar-refractivity contribution in [1.29, 1.82) is 5.26 Å². The third-order valence-corrected chi connectivity index (χ3v) is 12.8. The zero-order valence-electron chi connectivity index (χ0n) is 33.6. The number of aromatic nitrogens is 1. The SMILES string of the molecule is CCCCCC(=O)OC[C@@]1(C)C2C[C@H](OC(=O)c3ccc(C#N)cc3)[C@@]3(C)Oc4cc(-c5cccnc5)oc(=O)c4[C@H](O)C3[C@@]2(C)CC[C@@H]1OC(=O)CCCCC. The first-order chi connectivity index (χ1) is 27.3. The summed E-state index contributed by atoms with van der Waals surface area (Å²) in [7, 11) is 0. The minimum absolute atomic E-state index is 0.0438. The number of rotatable bonds is 14. The summed E-state index contributed by atoms with van der Waals surface area (Å²) in [6.45, 7) is 9.82. The van der Waals surface area contributed by atoms with Gasteiger partial charge in [0.25, 0.3) is 0 Å². The van der Waals surface area contributed by atoms with E-state index in [1.54, 1.807) is 37.5 Å². The number of hydrogen-bond donors (Lipinski definition) is 1. The van der Waals surface area contributed by atoms with E-state index in [0.717, 1.165) is 25.7 Å². The molecule has 3 aromatic rings. The summed E-state index contributed by atoms with van der Waals surface area (Å²) in [5.74, 6) is -2.38. The van der Waals surface area contributed by atoms with Gasteiger partial charge in [-0.1, -0.05) is 53.4 Å². The second kappa shape index (κ2) is 17.2. The maximum absolute atomic E-state index is 14.0. The molecule has 2 saturated carbocycles. The highest BCUT2D eigenvalue weighted by Gasteiger charge is 2.71. The third kappa shape index (κ3) is 8.22. The minimum Gasteiger partial charge on any atom is -0.482 e. The second-order valence-electron chi connectivity index (χ2n) is 16.6. The first kappa shape index (κ1) is 41.6. The van der Waals surface area contributed by atoms with Crippen LogP contribution in [-0.2, 0) is 23.8 Å². The molecule has 0 spiro atoms. The van der Waals surface area contributed by atoms with Crippen molar-refractivity contribution in [3.8, 4) is 23.1 Å².